The molecule has 0 bridgehead atoms. The number of halogens is 1. The number of benzene rings is 1. The maximum atomic E-state index is 5.72. The van der Waals surface area contributed by atoms with Gasteiger partial charge in [0.15, 0.2) is 5.79 Å². The SMILES string of the molecule is CCC1(c2ccc(CBr)cc2)OCCO1. The van der Waals surface area contributed by atoms with Crippen molar-refractivity contribution in [2.24, 2.45) is 0 Å². The molecule has 0 N–H and O–H groups in total. The van der Waals surface area contributed by atoms with Gasteiger partial charge in [-0.2, -0.15) is 0 Å². The zero-order valence-electron chi connectivity index (χ0n) is 8.83. The third-order valence-electron chi connectivity index (χ3n) is 2.77. The van der Waals surface area contributed by atoms with Crippen LogP contribution in [-0.4, -0.2) is 13.2 Å². The monoisotopic (exact) mass is 270 g/mol. The normalized spacial score (nSPS) is 19.3. The lowest BCUT2D eigenvalue weighted by molar-refractivity contribution is -0.167. The van der Waals surface area contributed by atoms with Crippen LogP contribution in [0.4, 0.5) is 0 Å². The summed E-state index contributed by atoms with van der Waals surface area (Å²) in [6.45, 7) is 3.46. The van der Waals surface area contributed by atoms with Crippen LogP contribution >= 0.6 is 15.9 Å². The Kier molecular flexibility index (Phi) is 3.44. The summed E-state index contributed by atoms with van der Waals surface area (Å²) in [6.07, 6.45) is 0.848. The molecule has 1 aliphatic rings. The van der Waals surface area contributed by atoms with Gasteiger partial charge in [0, 0.05) is 17.3 Å². The van der Waals surface area contributed by atoms with Gasteiger partial charge in [-0.05, 0) is 5.56 Å². The Balaban J connectivity index is 2.26. The van der Waals surface area contributed by atoms with Gasteiger partial charge >= 0.3 is 0 Å². The average molecular weight is 271 g/mol. The quantitative estimate of drug-likeness (QED) is 0.786. The van der Waals surface area contributed by atoms with Crippen molar-refractivity contribution in [2.45, 2.75) is 24.5 Å². The topological polar surface area (TPSA) is 18.5 Å². The number of alkyl halides is 1. The number of ether oxygens (including phenoxy) is 2. The van der Waals surface area contributed by atoms with Crippen LogP contribution in [0.1, 0.15) is 24.5 Å². The second kappa shape index (κ2) is 4.64. The van der Waals surface area contributed by atoms with E-state index in [0.717, 1.165) is 17.3 Å². The Morgan fingerprint density at radius 1 is 1.20 bits per heavy atom. The van der Waals surface area contributed by atoms with E-state index in [1.54, 1.807) is 0 Å². The molecule has 0 amide bonds. The molecule has 1 aromatic rings. The lowest BCUT2D eigenvalue weighted by Gasteiger charge is -2.26. The average Bonchev–Trinajstić information content (AvgIpc) is 2.79. The molecule has 2 rings (SSSR count). The van der Waals surface area contributed by atoms with E-state index in [1.807, 2.05) is 0 Å². The summed E-state index contributed by atoms with van der Waals surface area (Å²) in [6, 6.07) is 8.38. The molecular formula is C12H15BrO2. The van der Waals surface area contributed by atoms with E-state index in [4.69, 9.17) is 9.47 Å². The molecule has 1 saturated heterocycles. The lowest BCUT2D eigenvalue weighted by atomic mass is 10.0. The lowest BCUT2D eigenvalue weighted by Crippen LogP contribution is -2.25. The van der Waals surface area contributed by atoms with Gasteiger partial charge < -0.3 is 9.47 Å². The fraction of sp³-hybridized carbons (Fsp3) is 0.500. The molecule has 1 aromatic carbocycles. The van der Waals surface area contributed by atoms with Crippen molar-refractivity contribution in [3.05, 3.63) is 35.4 Å². The molecule has 0 aromatic heterocycles. The summed E-state index contributed by atoms with van der Waals surface area (Å²) in [5.74, 6) is -0.495. The summed E-state index contributed by atoms with van der Waals surface area (Å²) >= 11 is 3.43. The van der Waals surface area contributed by atoms with Crippen molar-refractivity contribution >= 4 is 15.9 Å². The van der Waals surface area contributed by atoms with Gasteiger partial charge in [0.05, 0.1) is 13.2 Å². The minimum atomic E-state index is -0.495. The Bertz CT molecular complexity index is 315. The van der Waals surface area contributed by atoms with Crippen LogP contribution in [0.15, 0.2) is 24.3 Å². The van der Waals surface area contributed by atoms with Crippen LogP contribution in [0.5, 0.6) is 0 Å². The van der Waals surface area contributed by atoms with Gasteiger partial charge in [0.2, 0.25) is 0 Å². The first kappa shape index (κ1) is 11.1. The molecule has 0 saturated carbocycles. The number of hydrogen-bond acceptors (Lipinski definition) is 2. The van der Waals surface area contributed by atoms with E-state index < -0.39 is 5.79 Å². The van der Waals surface area contributed by atoms with Crippen LogP contribution in [0.25, 0.3) is 0 Å². The Labute approximate surface area is 98.7 Å². The van der Waals surface area contributed by atoms with Crippen molar-refractivity contribution in [3.8, 4) is 0 Å². The molecule has 1 heterocycles. The van der Waals surface area contributed by atoms with Gasteiger partial charge in [-0.25, -0.2) is 0 Å². The fourth-order valence-electron chi connectivity index (χ4n) is 1.88. The zero-order valence-corrected chi connectivity index (χ0v) is 10.4. The molecule has 1 aliphatic heterocycles. The van der Waals surface area contributed by atoms with Crippen LogP contribution in [0.3, 0.4) is 0 Å². The summed E-state index contributed by atoms with van der Waals surface area (Å²) in [5.41, 5.74) is 2.38. The van der Waals surface area contributed by atoms with Crippen molar-refractivity contribution in [3.63, 3.8) is 0 Å². The second-order valence-corrected chi connectivity index (χ2v) is 4.19. The van der Waals surface area contributed by atoms with Gasteiger partial charge in [-0.15, -0.1) is 0 Å². The number of hydrogen-bond donors (Lipinski definition) is 0. The summed E-state index contributed by atoms with van der Waals surface area (Å²) in [5, 5.41) is 0.883. The summed E-state index contributed by atoms with van der Waals surface area (Å²) < 4.78 is 11.4. The Morgan fingerprint density at radius 2 is 1.80 bits per heavy atom. The van der Waals surface area contributed by atoms with Crippen molar-refractivity contribution < 1.29 is 9.47 Å². The molecule has 0 spiro atoms. The van der Waals surface area contributed by atoms with Gasteiger partial charge in [0.25, 0.3) is 0 Å². The maximum Gasteiger partial charge on any atom is 0.194 e. The molecule has 0 atom stereocenters. The molecule has 3 heteroatoms. The first-order chi connectivity index (χ1) is 7.30. The van der Waals surface area contributed by atoms with Crippen LogP contribution in [0, 0.1) is 0 Å². The first-order valence-corrected chi connectivity index (χ1v) is 6.36. The van der Waals surface area contributed by atoms with Crippen molar-refractivity contribution in [2.75, 3.05) is 13.2 Å². The van der Waals surface area contributed by atoms with E-state index >= 15 is 0 Å². The van der Waals surface area contributed by atoms with Gasteiger partial charge in [-0.1, -0.05) is 47.1 Å². The third kappa shape index (κ3) is 2.10. The Hall–Kier alpha value is -0.380. The highest BCUT2D eigenvalue weighted by Crippen LogP contribution is 2.34. The maximum absolute atomic E-state index is 5.72. The molecule has 82 valence electrons. The standard InChI is InChI=1S/C12H15BrO2/c1-2-12(14-7-8-15-12)11-5-3-10(9-13)4-6-11/h3-6H,2,7-9H2,1H3. The van der Waals surface area contributed by atoms with Gasteiger partial charge in [-0.3, -0.25) is 0 Å². The molecular weight excluding hydrogens is 256 g/mol. The van der Waals surface area contributed by atoms with Crippen LogP contribution in [-0.2, 0) is 20.6 Å². The third-order valence-corrected chi connectivity index (χ3v) is 3.41. The summed E-state index contributed by atoms with van der Waals surface area (Å²) in [7, 11) is 0. The van der Waals surface area contributed by atoms with Crippen LogP contribution < -0.4 is 0 Å². The molecule has 2 nitrogen and oxygen atoms in total. The number of rotatable bonds is 3. The summed E-state index contributed by atoms with van der Waals surface area (Å²) in [4.78, 5) is 0. The molecule has 0 radical (unpaired) electrons. The van der Waals surface area contributed by atoms with E-state index in [9.17, 15) is 0 Å². The van der Waals surface area contributed by atoms with E-state index in [1.165, 1.54) is 5.56 Å². The molecule has 1 fully saturated rings. The smallest absolute Gasteiger partial charge is 0.194 e. The highest BCUT2D eigenvalue weighted by Gasteiger charge is 2.36. The first-order valence-electron chi connectivity index (χ1n) is 5.24. The highest BCUT2D eigenvalue weighted by molar-refractivity contribution is 9.08. The van der Waals surface area contributed by atoms with E-state index in [-0.39, 0.29) is 0 Å². The Morgan fingerprint density at radius 3 is 2.27 bits per heavy atom. The molecule has 15 heavy (non-hydrogen) atoms. The van der Waals surface area contributed by atoms with E-state index in [0.29, 0.717) is 13.2 Å². The highest BCUT2D eigenvalue weighted by atomic mass is 79.9. The van der Waals surface area contributed by atoms with Crippen molar-refractivity contribution in [1.82, 2.24) is 0 Å². The van der Waals surface area contributed by atoms with Crippen LogP contribution in [0.2, 0.25) is 0 Å². The van der Waals surface area contributed by atoms with Crippen molar-refractivity contribution in [1.29, 1.82) is 0 Å². The predicted octanol–water partition coefficient (Wildman–Crippen LogP) is 3.19. The minimum Gasteiger partial charge on any atom is -0.343 e. The molecule has 0 aliphatic carbocycles. The fourth-order valence-corrected chi connectivity index (χ4v) is 2.25. The van der Waals surface area contributed by atoms with E-state index in [2.05, 4.69) is 47.1 Å². The molecule has 0 unspecified atom stereocenters. The zero-order chi connectivity index (χ0) is 10.7. The van der Waals surface area contributed by atoms with Gasteiger partial charge in [0.1, 0.15) is 0 Å². The predicted molar refractivity (Wildman–Crippen MR) is 62.9 cm³/mol. The minimum absolute atomic E-state index is 0.495. The second-order valence-electron chi connectivity index (χ2n) is 3.63. The largest absolute Gasteiger partial charge is 0.343 e.